The number of fused-ring (bicyclic) bond motifs is 1. The zero-order chi connectivity index (χ0) is 14.0. The molecule has 0 saturated carbocycles. The van der Waals surface area contributed by atoms with E-state index in [0.717, 1.165) is 35.3 Å². The Morgan fingerprint density at radius 3 is 3.10 bits per heavy atom. The number of nitrogens with two attached hydrogens (primary N) is 1. The summed E-state index contributed by atoms with van der Waals surface area (Å²) in [5.74, 6) is 0. The first-order valence-corrected chi connectivity index (χ1v) is 6.74. The monoisotopic (exact) mass is 273 g/mol. The molecule has 1 aromatic heterocycles. The van der Waals surface area contributed by atoms with E-state index in [1.165, 1.54) is 0 Å². The molecule has 0 radical (unpaired) electrons. The molecule has 0 bridgehead atoms. The predicted molar refractivity (Wildman–Crippen MR) is 79.8 cm³/mol. The smallest absolute Gasteiger partial charge is 0.110 e. The summed E-state index contributed by atoms with van der Waals surface area (Å²) < 4.78 is 11.0. The summed E-state index contributed by atoms with van der Waals surface area (Å²) in [6.07, 6.45) is 2.66. The van der Waals surface area contributed by atoms with E-state index in [1.54, 1.807) is 13.3 Å². The zero-order valence-corrected chi connectivity index (χ0v) is 11.6. The predicted octanol–water partition coefficient (Wildman–Crippen LogP) is 2.03. The summed E-state index contributed by atoms with van der Waals surface area (Å²) in [6, 6.07) is 7.81. The average Bonchev–Trinajstić information content (AvgIpc) is 2.96. The Hall–Kier alpha value is -1.85. The number of ether oxygens (including phenoxy) is 2. The molecule has 3 rings (SSSR count). The van der Waals surface area contributed by atoms with E-state index in [0.29, 0.717) is 13.2 Å². The Balaban J connectivity index is 1.82. The third-order valence-electron chi connectivity index (χ3n) is 3.93. The van der Waals surface area contributed by atoms with Crippen LogP contribution >= 0.6 is 0 Å². The molecule has 0 aliphatic carbocycles. The Bertz CT molecular complexity index is 609. The highest BCUT2D eigenvalue weighted by Crippen LogP contribution is 2.29. The fraction of sp³-hybridized carbons (Fsp3) is 0.400. The van der Waals surface area contributed by atoms with E-state index < -0.39 is 0 Å². The van der Waals surface area contributed by atoms with Crippen molar-refractivity contribution in [3.8, 4) is 0 Å². The van der Waals surface area contributed by atoms with Gasteiger partial charge in [0.25, 0.3) is 0 Å². The van der Waals surface area contributed by atoms with Crippen molar-refractivity contribution in [2.45, 2.75) is 12.0 Å². The van der Waals surface area contributed by atoms with Crippen molar-refractivity contribution in [1.82, 2.24) is 4.98 Å². The molecular weight excluding hydrogens is 254 g/mol. The minimum Gasteiger partial charge on any atom is -0.397 e. The van der Waals surface area contributed by atoms with Gasteiger partial charge < -0.3 is 20.5 Å². The van der Waals surface area contributed by atoms with E-state index in [1.807, 2.05) is 24.3 Å². The standard InChI is InChI=1S/C15H19N3O2/c1-19-15(6-8-20-10-15)9-18-13-5-4-12-11(14(13)16)3-2-7-17-12/h2-5,7,18H,6,8-10,16H2,1H3. The van der Waals surface area contributed by atoms with Gasteiger partial charge in [-0.05, 0) is 24.3 Å². The van der Waals surface area contributed by atoms with Crippen LogP contribution in [0.15, 0.2) is 30.5 Å². The fourth-order valence-electron chi connectivity index (χ4n) is 2.55. The van der Waals surface area contributed by atoms with Crippen LogP contribution in [0.4, 0.5) is 11.4 Å². The molecule has 0 spiro atoms. The van der Waals surface area contributed by atoms with Gasteiger partial charge in [-0.1, -0.05) is 0 Å². The quantitative estimate of drug-likeness (QED) is 0.834. The van der Waals surface area contributed by atoms with Crippen molar-refractivity contribution in [1.29, 1.82) is 0 Å². The molecule has 20 heavy (non-hydrogen) atoms. The molecule has 106 valence electrons. The molecule has 1 aromatic carbocycles. The third-order valence-corrected chi connectivity index (χ3v) is 3.93. The van der Waals surface area contributed by atoms with E-state index in [2.05, 4.69) is 10.3 Å². The molecule has 3 N–H and O–H groups in total. The average molecular weight is 273 g/mol. The van der Waals surface area contributed by atoms with Crippen LogP contribution in [0.1, 0.15) is 6.42 Å². The number of nitrogens with one attached hydrogen (secondary N) is 1. The van der Waals surface area contributed by atoms with Gasteiger partial charge >= 0.3 is 0 Å². The molecule has 5 heteroatoms. The first-order valence-electron chi connectivity index (χ1n) is 6.74. The third kappa shape index (κ3) is 2.30. The van der Waals surface area contributed by atoms with Crippen LogP contribution in [-0.4, -0.2) is 37.5 Å². The number of methoxy groups -OCH3 is 1. The van der Waals surface area contributed by atoms with Gasteiger partial charge in [-0.2, -0.15) is 0 Å². The molecule has 1 aliphatic rings. The lowest BCUT2D eigenvalue weighted by molar-refractivity contribution is -0.00618. The summed E-state index contributed by atoms with van der Waals surface area (Å²) in [5, 5.41) is 4.35. The van der Waals surface area contributed by atoms with Gasteiger partial charge in [0.05, 0.1) is 23.5 Å². The summed E-state index contributed by atoms with van der Waals surface area (Å²) in [4.78, 5) is 4.30. The molecule has 2 aromatic rings. The van der Waals surface area contributed by atoms with Crippen LogP contribution in [0.2, 0.25) is 0 Å². The van der Waals surface area contributed by atoms with Gasteiger partial charge in [0.1, 0.15) is 5.60 Å². The van der Waals surface area contributed by atoms with Crippen LogP contribution in [-0.2, 0) is 9.47 Å². The second kappa shape index (κ2) is 5.26. The maximum atomic E-state index is 6.21. The molecule has 1 aliphatic heterocycles. The molecular formula is C15H19N3O2. The van der Waals surface area contributed by atoms with Crippen LogP contribution in [0.25, 0.3) is 10.9 Å². The zero-order valence-electron chi connectivity index (χ0n) is 11.6. The highest BCUT2D eigenvalue weighted by molar-refractivity contribution is 5.96. The topological polar surface area (TPSA) is 69.4 Å². The Labute approximate surface area is 118 Å². The summed E-state index contributed by atoms with van der Waals surface area (Å²) >= 11 is 0. The number of rotatable bonds is 4. The number of nitrogens with zero attached hydrogens (tertiary/aromatic N) is 1. The van der Waals surface area contributed by atoms with Gasteiger partial charge in [-0.25, -0.2) is 0 Å². The van der Waals surface area contributed by atoms with E-state index in [-0.39, 0.29) is 5.60 Å². The number of hydrogen-bond acceptors (Lipinski definition) is 5. The fourth-order valence-corrected chi connectivity index (χ4v) is 2.55. The SMILES string of the molecule is COC1(CNc2ccc3ncccc3c2N)CCOC1. The normalized spacial score (nSPS) is 22.2. The van der Waals surface area contributed by atoms with Crippen LogP contribution in [0.3, 0.4) is 0 Å². The molecule has 2 heterocycles. The number of nitrogen functional groups attached to an aromatic ring is 1. The second-order valence-corrected chi connectivity index (χ2v) is 5.14. The molecule has 1 atom stereocenters. The maximum Gasteiger partial charge on any atom is 0.110 e. The second-order valence-electron chi connectivity index (χ2n) is 5.14. The number of pyridine rings is 1. The van der Waals surface area contributed by atoms with Gasteiger partial charge in [0.2, 0.25) is 0 Å². The van der Waals surface area contributed by atoms with Crippen molar-refractivity contribution in [2.24, 2.45) is 0 Å². The van der Waals surface area contributed by atoms with Gasteiger partial charge in [-0.3, -0.25) is 4.98 Å². The Morgan fingerprint density at radius 2 is 2.35 bits per heavy atom. The van der Waals surface area contributed by atoms with Crippen molar-refractivity contribution < 1.29 is 9.47 Å². The largest absolute Gasteiger partial charge is 0.397 e. The van der Waals surface area contributed by atoms with Gasteiger partial charge in [0, 0.05) is 38.3 Å². The first kappa shape index (κ1) is 13.1. The summed E-state index contributed by atoms with van der Waals surface area (Å²) in [5.41, 5.74) is 8.50. The van der Waals surface area contributed by atoms with Gasteiger partial charge in [-0.15, -0.1) is 0 Å². The number of benzene rings is 1. The van der Waals surface area contributed by atoms with Crippen molar-refractivity contribution >= 4 is 22.3 Å². The molecule has 0 amide bonds. The van der Waals surface area contributed by atoms with E-state index in [9.17, 15) is 0 Å². The Morgan fingerprint density at radius 1 is 1.45 bits per heavy atom. The van der Waals surface area contributed by atoms with Crippen molar-refractivity contribution in [2.75, 3.05) is 37.9 Å². The maximum absolute atomic E-state index is 6.21. The lowest BCUT2D eigenvalue weighted by Gasteiger charge is -2.27. The summed E-state index contributed by atoms with van der Waals surface area (Å²) in [7, 11) is 1.73. The number of anilines is 2. The number of aromatic nitrogens is 1. The highest BCUT2D eigenvalue weighted by atomic mass is 16.5. The highest BCUT2D eigenvalue weighted by Gasteiger charge is 2.34. The van der Waals surface area contributed by atoms with Crippen LogP contribution in [0, 0.1) is 0 Å². The minimum absolute atomic E-state index is 0.254. The number of hydrogen-bond donors (Lipinski definition) is 2. The molecule has 1 saturated heterocycles. The Kier molecular flexibility index (Phi) is 3.46. The van der Waals surface area contributed by atoms with Crippen molar-refractivity contribution in [3.05, 3.63) is 30.5 Å². The first-order chi connectivity index (χ1) is 9.74. The van der Waals surface area contributed by atoms with Gasteiger partial charge in [0.15, 0.2) is 0 Å². The molecule has 1 fully saturated rings. The van der Waals surface area contributed by atoms with E-state index >= 15 is 0 Å². The van der Waals surface area contributed by atoms with Crippen LogP contribution in [0.5, 0.6) is 0 Å². The lowest BCUT2D eigenvalue weighted by atomic mass is 10.0. The lowest BCUT2D eigenvalue weighted by Crippen LogP contribution is -2.39. The minimum atomic E-state index is -0.254. The molecule has 5 nitrogen and oxygen atoms in total. The molecule has 1 unspecified atom stereocenters. The summed E-state index contributed by atoms with van der Waals surface area (Å²) in [6.45, 7) is 2.04. The van der Waals surface area contributed by atoms with E-state index in [4.69, 9.17) is 15.2 Å². The van der Waals surface area contributed by atoms with Crippen molar-refractivity contribution in [3.63, 3.8) is 0 Å². The van der Waals surface area contributed by atoms with Crippen LogP contribution < -0.4 is 11.1 Å².